The molecule has 0 aliphatic rings. The summed E-state index contributed by atoms with van der Waals surface area (Å²) in [5, 5.41) is 12.7. The van der Waals surface area contributed by atoms with E-state index in [0.717, 1.165) is 11.3 Å². The maximum absolute atomic E-state index is 11.7. The van der Waals surface area contributed by atoms with Crippen molar-refractivity contribution in [2.24, 2.45) is 5.10 Å². The SMILES string of the molecule is C=CCOc1ccc(Cl)cc1/C=N\NC(=O)Cc1nnc(N)s1. The molecule has 0 unspecified atom stereocenters. The van der Waals surface area contributed by atoms with E-state index in [9.17, 15) is 4.79 Å². The zero-order chi connectivity index (χ0) is 16.7. The first kappa shape index (κ1) is 16.9. The summed E-state index contributed by atoms with van der Waals surface area (Å²) < 4.78 is 5.49. The summed E-state index contributed by atoms with van der Waals surface area (Å²) in [6.45, 7) is 3.94. The summed E-state index contributed by atoms with van der Waals surface area (Å²) in [7, 11) is 0. The summed E-state index contributed by atoms with van der Waals surface area (Å²) in [5.74, 6) is 0.261. The molecule has 1 aromatic carbocycles. The van der Waals surface area contributed by atoms with Gasteiger partial charge in [0.1, 0.15) is 17.4 Å². The fourth-order valence-corrected chi connectivity index (χ4v) is 2.38. The molecule has 0 saturated heterocycles. The molecular weight excluding hydrogens is 338 g/mol. The van der Waals surface area contributed by atoms with E-state index in [0.29, 0.717) is 33.1 Å². The van der Waals surface area contributed by atoms with Crippen molar-refractivity contribution < 1.29 is 9.53 Å². The van der Waals surface area contributed by atoms with Crippen molar-refractivity contribution in [3.63, 3.8) is 0 Å². The van der Waals surface area contributed by atoms with Crippen LogP contribution in [0.3, 0.4) is 0 Å². The molecule has 7 nitrogen and oxygen atoms in total. The fourth-order valence-electron chi connectivity index (χ4n) is 1.59. The first-order valence-corrected chi connectivity index (χ1v) is 7.71. The van der Waals surface area contributed by atoms with Crippen LogP contribution in [0.1, 0.15) is 10.6 Å². The van der Waals surface area contributed by atoms with Crippen LogP contribution in [0.4, 0.5) is 5.13 Å². The minimum absolute atomic E-state index is 0.0571. The van der Waals surface area contributed by atoms with Gasteiger partial charge in [-0.3, -0.25) is 4.79 Å². The average Bonchev–Trinajstić information content (AvgIpc) is 2.91. The summed E-state index contributed by atoms with van der Waals surface area (Å²) in [5.41, 5.74) is 8.49. The topological polar surface area (TPSA) is 102 Å². The monoisotopic (exact) mass is 351 g/mol. The Labute approximate surface area is 141 Å². The van der Waals surface area contributed by atoms with Crippen molar-refractivity contribution in [3.05, 3.63) is 46.4 Å². The van der Waals surface area contributed by atoms with E-state index < -0.39 is 0 Å². The van der Waals surface area contributed by atoms with Crippen LogP contribution in [-0.2, 0) is 11.2 Å². The van der Waals surface area contributed by atoms with E-state index in [1.54, 1.807) is 24.3 Å². The number of nitrogens with one attached hydrogen (secondary N) is 1. The van der Waals surface area contributed by atoms with Crippen LogP contribution in [0, 0.1) is 0 Å². The maximum atomic E-state index is 11.7. The van der Waals surface area contributed by atoms with Gasteiger partial charge in [-0.1, -0.05) is 35.6 Å². The third kappa shape index (κ3) is 5.35. The molecule has 0 aliphatic carbocycles. The number of ether oxygens (including phenoxy) is 1. The Balaban J connectivity index is 1.97. The van der Waals surface area contributed by atoms with Gasteiger partial charge < -0.3 is 10.5 Å². The number of hydrogen-bond donors (Lipinski definition) is 2. The summed E-state index contributed by atoms with van der Waals surface area (Å²) >= 11 is 7.11. The number of hydrogen-bond acceptors (Lipinski definition) is 7. The van der Waals surface area contributed by atoms with Gasteiger partial charge in [0.05, 0.1) is 12.6 Å². The Hall–Kier alpha value is -2.45. The molecule has 0 aliphatic heterocycles. The molecule has 1 amide bonds. The molecule has 3 N–H and O–H groups in total. The van der Waals surface area contributed by atoms with Gasteiger partial charge in [-0.25, -0.2) is 5.43 Å². The molecule has 2 aromatic rings. The fraction of sp³-hybridized carbons (Fsp3) is 0.143. The summed E-state index contributed by atoms with van der Waals surface area (Å²) in [6.07, 6.45) is 3.14. The van der Waals surface area contributed by atoms with Crippen LogP contribution < -0.4 is 15.9 Å². The van der Waals surface area contributed by atoms with Crippen molar-refractivity contribution in [1.82, 2.24) is 15.6 Å². The first-order chi connectivity index (χ1) is 11.1. The van der Waals surface area contributed by atoms with Crippen molar-refractivity contribution in [1.29, 1.82) is 0 Å². The molecule has 23 heavy (non-hydrogen) atoms. The Morgan fingerprint density at radius 1 is 1.52 bits per heavy atom. The van der Waals surface area contributed by atoms with E-state index in [4.69, 9.17) is 22.1 Å². The molecule has 9 heteroatoms. The highest BCUT2D eigenvalue weighted by molar-refractivity contribution is 7.15. The number of rotatable bonds is 7. The number of nitrogens with two attached hydrogens (primary N) is 1. The highest BCUT2D eigenvalue weighted by Gasteiger charge is 2.07. The molecule has 0 spiro atoms. The maximum Gasteiger partial charge on any atom is 0.247 e. The van der Waals surface area contributed by atoms with Crippen LogP contribution in [0.2, 0.25) is 5.02 Å². The number of amides is 1. The van der Waals surface area contributed by atoms with Crippen LogP contribution in [0.15, 0.2) is 36.0 Å². The normalized spacial score (nSPS) is 10.7. The van der Waals surface area contributed by atoms with E-state index in [-0.39, 0.29) is 12.3 Å². The zero-order valence-corrected chi connectivity index (χ0v) is 13.6. The van der Waals surface area contributed by atoms with E-state index in [1.165, 1.54) is 6.21 Å². The quantitative estimate of drug-likeness (QED) is 0.451. The predicted octanol–water partition coefficient (Wildman–Crippen LogP) is 2.03. The van der Waals surface area contributed by atoms with Gasteiger partial charge in [-0.05, 0) is 18.2 Å². The number of aromatic nitrogens is 2. The van der Waals surface area contributed by atoms with Crippen LogP contribution in [0.25, 0.3) is 0 Å². The summed E-state index contributed by atoms with van der Waals surface area (Å²) in [4.78, 5) is 11.7. The Bertz CT molecular complexity index is 732. The molecule has 0 atom stereocenters. The molecule has 0 radical (unpaired) electrons. The van der Waals surface area contributed by atoms with Gasteiger partial charge in [0.25, 0.3) is 0 Å². The molecule has 1 heterocycles. The van der Waals surface area contributed by atoms with E-state index in [1.807, 2.05) is 0 Å². The molecule has 0 saturated carbocycles. The molecule has 2 rings (SSSR count). The Morgan fingerprint density at radius 2 is 2.35 bits per heavy atom. The highest BCUT2D eigenvalue weighted by Crippen LogP contribution is 2.21. The van der Waals surface area contributed by atoms with Gasteiger partial charge in [-0.2, -0.15) is 5.10 Å². The third-order valence-corrected chi connectivity index (χ3v) is 3.50. The lowest BCUT2D eigenvalue weighted by Crippen LogP contribution is -2.19. The molecule has 0 bridgehead atoms. The highest BCUT2D eigenvalue weighted by atomic mass is 35.5. The van der Waals surface area contributed by atoms with Gasteiger partial charge in [-0.15, -0.1) is 10.2 Å². The standard InChI is InChI=1S/C14H14ClN5O2S/c1-2-5-22-11-4-3-10(15)6-9(11)8-17-18-12(21)7-13-19-20-14(16)23-13/h2-4,6,8H,1,5,7H2,(H2,16,20)(H,18,21)/b17-8-. The molecular formula is C14H14ClN5O2S. The molecule has 1 aromatic heterocycles. The van der Waals surface area contributed by atoms with Crippen LogP contribution in [-0.4, -0.2) is 28.9 Å². The Morgan fingerprint density at radius 3 is 3.04 bits per heavy atom. The molecule has 0 fully saturated rings. The smallest absolute Gasteiger partial charge is 0.247 e. The number of carbonyl (C=O) groups is 1. The number of carbonyl (C=O) groups excluding carboxylic acids is 1. The number of nitrogens with zero attached hydrogens (tertiary/aromatic N) is 3. The lowest BCUT2D eigenvalue weighted by Gasteiger charge is -2.07. The number of hydrazone groups is 1. The predicted molar refractivity (Wildman–Crippen MR) is 90.9 cm³/mol. The van der Waals surface area contributed by atoms with Gasteiger partial charge in [0.2, 0.25) is 11.0 Å². The van der Waals surface area contributed by atoms with Crippen molar-refractivity contribution in [2.45, 2.75) is 6.42 Å². The third-order valence-electron chi connectivity index (χ3n) is 2.52. The lowest BCUT2D eigenvalue weighted by molar-refractivity contribution is -0.120. The van der Waals surface area contributed by atoms with Gasteiger partial charge in [0.15, 0.2) is 0 Å². The number of halogens is 1. The second kappa shape index (κ2) is 8.25. The number of nitrogen functional groups attached to an aromatic ring is 1. The van der Waals surface area contributed by atoms with E-state index in [2.05, 4.69) is 27.3 Å². The number of benzene rings is 1. The minimum atomic E-state index is -0.326. The summed E-state index contributed by atoms with van der Waals surface area (Å²) in [6, 6.07) is 5.11. The van der Waals surface area contributed by atoms with Crippen molar-refractivity contribution in [3.8, 4) is 5.75 Å². The van der Waals surface area contributed by atoms with Crippen LogP contribution >= 0.6 is 22.9 Å². The lowest BCUT2D eigenvalue weighted by atomic mass is 10.2. The zero-order valence-electron chi connectivity index (χ0n) is 12.0. The second-order valence-corrected chi connectivity index (χ2v) is 5.82. The first-order valence-electron chi connectivity index (χ1n) is 6.51. The Kier molecular flexibility index (Phi) is 6.07. The molecule has 120 valence electrons. The number of anilines is 1. The van der Waals surface area contributed by atoms with E-state index >= 15 is 0 Å². The van der Waals surface area contributed by atoms with Crippen molar-refractivity contribution in [2.75, 3.05) is 12.3 Å². The minimum Gasteiger partial charge on any atom is -0.489 e. The van der Waals surface area contributed by atoms with Crippen LogP contribution in [0.5, 0.6) is 5.75 Å². The second-order valence-electron chi connectivity index (χ2n) is 4.29. The van der Waals surface area contributed by atoms with Gasteiger partial charge in [0, 0.05) is 10.6 Å². The largest absolute Gasteiger partial charge is 0.489 e. The van der Waals surface area contributed by atoms with Crippen molar-refractivity contribution >= 4 is 40.2 Å². The van der Waals surface area contributed by atoms with Gasteiger partial charge >= 0.3 is 0 Å². The average molecular weight is 352 g/mol.